The Kier molecular flexibility index (Phi) is 5.27. The second-order valence-corrected chi connectivity index (χ2v) is 5.68. The molecule has 0 saturated heterocycles. The summed E-state index contributed by atoms with van der Waals surface area (Å²) in [5.41, 5.74) is 4.63. The summed E-state index contributed by atoms with van der Waals surface area (Å²) in [4.78, 5) is 10.9. The highest BCUT2D eigenvalue weighted by atomic mass is 16.4. The fourth-order valence-electron chi connectivity index (χ4n) is 2.57. The van der Waals surface area contributed by atoms with Gasteiger partial charge in [0.2, 0.25) is 0 Å². The molecule has 0 heterocycles. The smallest absolute Gasteiger partial charge is 0.335 e. The van der Waals surface area contributed by atoms with Gasteiger partial charge in [-0.1, -0.05) is 60.7 Å². The standard InChI is InChI=1S/C22H19NO2/c24-22(25)19-11-13-21(14-12-19)23-16-20(18-9-5-2-6-10-18)15-17-7-3-1-4-8-17/h1-15,23H,16H2,(H,24,25)/b20-15-. The van der Waals surface area contributed by atoms with E-state index in [1.807, 2.05) is 36.4 Å². The maximum atomic E-state index is 10.9. The van der Waals surface area contributed by atoms with Crippen LogP contribution in [-0.2, 0) is 0 Å². The summed E-state index contributed by atoms with van der Waals surface area (Å²) in [7, 11) is 0. The van der Waals surface area contributed by atoms with Crippen molar-refractivity contribution in [3.05, 3.63) is 102 Å². The summed E-state index contributed by atoms with van der Waals surface area (Å²) in [6, 6.07) is 27.2. The zero-order valence-electron chi connectivity index (χ0n) is 13.7. The number of carboxylic acid groups (broad SMARTS) is 1. The van der Waals surface area contributed by atoms with E-state index in [1.54, 1.807) is 24.3 Å². The van der Waals surface area contributed by atoms with E-state index in [9.17, 15) is 4.79 Å². The third kappa shape index (κ3) is 4.58. The highest BCUT2D eigenvalue weighted by Crippen LogP contribution is 2.19. The minimum atomic E-state index is -0.916. The minimum Gasteiger partial charge on any atom is -0.478 e. The van der Waals surface area contributed by atoms with Crippen LogP contribution in [0.5, 0.6) is 0 Å². The minimum absolute atomic E-state index is 0.286. The third-order valence-electron chi connectivity index (χ3n) is 3.90. The van der Waals surface area contributed by atoms with Crippen LogP contribution in [0.1, 0.15) is 21.5 Å². The number of nitrogens with one attached hydrogen (secondary N) is 1. The number of hydrogen-bond acceptors (Lipinski definition) is 2. The van der Waals surface area contributed by atoms with Gasteiger partial charge in [-0.3, -0.25) is 0 Å². The zero-order valence-corrected chi connectivity index (χ0v) is 13.7. The van der Waals surface area contributed by atoms with Crippen molar-refractivity contribution in [2.75, 3.05) is 11.9 Å². The van der Waals surface area contributed by atoms with Gasteiger partial charge in [0.05, 0.1) is 5.56 Å². The highest BCUT2D eigenvalue weighted by Gasteiger charge is 2.04. The summed E-state index contributed by atoms with van der Waals surface area (Å²) >= 11 is 0. The Labute approximate surface area is 147 Å². The predicted molar refractivity (Wildman–Crippen MR) is 103 cm³/mol. The molecule has 3 heteroatoms. The van der Waals surface area contributed by atoms with Crippen LogP contribution in [0.4, 0.5) is 5.69 Å². The van der Waals surface area contributed by atoms with Crippen molar-refractivity contribution in [3.8, 4) is 0 Å². The number of hydrogen-bond donors (Lipinski definition) is 2. The molecule has 0 radical (unpaired) electrons. The first-order valence-corrected chi connectivity index (χ1v) is 8.10. The molecule has 0 aliphatic heterocycles. The molecule has 3 aromatic carbocycles. The number of carbonyl (C=O) groups is 1. The van der Waals surface area contributed by atoms with Crippen LogP contribution in [0.3, 0.4) is 0 Å². The maximum absolute atomic E-state index is 10.9. The molecule has 2 N–H and O–H groups in total. The number of rotatable bonds is 6. The van der Waals surface area contributed by atoms with Crippen molar-refractivity contribution in [2.24, 2.45) is 0 Å². The summed E-state index contributed by atoms with van der Waals surface area (Å²) < 4.78 is 0. The molecule has 0 unspecified atom stereocenters. The average Bonchev–Trinajstić information content (AvgIpc) is 2.67. The van der Waals surface area contributed by atoms with E-state index < -0.39 is 5.97 Å². The highest BCUT2D eigenvalue weighted by molar-refractivity contribution is 5.88. The Morgan fingerprint density at radius 1 is 0.800 bits per heavy atom. The monoisotopic (exact) mass is 329 g/mol. The fraction of sp³-hybridized carbons (Fsp3) is 0.0455. The maximum Gasteiger partial charge on any atom is 0.335 e. The van der Waals surface area contributed by atoms with Gasteiger partial charge in [-0.05, 0) is 47.0 Å². The van der Waals surface area contributed by atoms with Gasteiger partial charge in [-0.15, -0.1) is 0 Å². The summed E-state index contributed by atoms with van der Waals surface area (Å²) in [5, 5.41) is 12.3. The number of benzene rings is 3. The molecule has 0 spiro atoms. The van der Waals surface area contributed by atoms with E-state index in [2.05, 4.69) is 35.7 Å². The summed E-state index contributed by atoms with van der Waals surface area (Å²) in [6.07, 6.45) is 2.16. The molecule has 3 nitrogen and oxygen atoms in total. The molecule has 0 aromatic heterocycles. The molecule has 0 saturated carbocycles. The average molecular weight is 329 g/mol. The van der Waals surface area contributed by atoms with Gasteiger partial charge < -0.3 is 10.4 Å². The van der Waals surface area contributed by atoms with Crippen LogP contribution < -0.4 is 5.32 Å². The van der Waals surface area contributed by atoms with Crippen molar-refractivity contribution in [3.63, 3.8) is 0 Å². The Hall–Kier alpha value is -3.33. The predicted octanol–water partition coefficient (Wildman–Crippen LogP) is 5.04. The fourth-order valence-corrected chi connectivity index (χ4v) is 2.57. The first-order chi connectivity index (χ1) is 12.2. The van der Waals surface area contributed by atoms with Crippen LogP contribution >= 0.6 is 0 Å². The van der Waals surface area contributed by atoms with Crippen molar-refractivity contribution in [2.45, 2.75) is 0 Å². The topological polar surface area (TPSA) is 49.3 Å². The zero-order chi connectivity index (χ0) is 17.5. The molecule has 3 aromatic rings. The van der Waals surface area contributed by atoms with Gasteiger partial charge in [0, 0.05) is 12.2 Å². The van der Waals surface area contributed by atoms with Crippen molar-refractivity contribution in [1.29, 1.82) is 0 Å². The lowest BCUT2D eigenvalue weighted by atomic mass is 10.0. The number of anilines is 1. The lowest BCUT2D eigenvalue weighted by molar-refractivity contribution is 0.0697. The molecule has 0 amide bonds. The molecule has 0 aliphatic carbocycles. The Bertz CT molecular complexity index is 854. The van der Waals surface area contributed by atoms with Gasteiger partial charge >= 0.3 is 5.97 Å². The molecule has 124 valence electrons. The second-order valence-electron chi connectivity index (χ2n) is 5.68. The lowest BCUT2D eigenvalue weighted by Gasteiger charge is -2.11. The van der Waals surface area contributed by atoms with Crippen LogP contribution in [-0.4, -0.2) is 17.6 Å². The Balaban J connectivity index is 1.81. The van der Waals surface area contributed by atoms with Crippen LogP contribution in [0.15, 0.2) is 84.9 Å². The number of carboxylic acids is 1. The van der Waals surface area contributed by atoms with Crippen LogP contribution in [0.25, 0.3) is 11.6 Å². The van der Waals surface area contributed by atoms with E-state index in [0.717, 1.165) is 22.4 Å². The third-order valence-corrected chi connectivity index (χ3v) is 3.90. The van der Waals surface area contributed by atoms with E-state index >= 15 is 0 Å². The van der Waals surface area contributed by atoms with Crippen LogP contribution in [0.2, 0.25) is 0 Å². The second kappa shape index (κ2) is 7.97. The molecular formula is C22H19NO2. The first kappa shape index (κ1) is 16.5. The van der Waals surface area contributed by atoms with Crippen LogP contribution in [0, 0.1) is 0 Å². The molecule has 0 bridgehead atoms. The van der Waals surface area contributed by atoms with Gasteiger partial charge in [0.15, 0.2) is 0 Å². The number of aromatic carboxylic acids is 1. The van der Waals surface area contributed by atoms with E-state index in [4.69, 9.17) is 5.11 Å². The van der Waals surface area contributed by atoms with Gasteiger partial charge in [-0.25, -0.2) is 4.79 Å². The van der Waals surface area contributed by atoms with Gasteiger partial charge in [0.25, 0.3) is 0 Å². The SMILES string of the molecule is O=C(O)c1ccc(NC/C(=C/c2ccccc2)c2ccccc2)cc1. The summed E-state index contributed by atoms with van der Waals surface area (Å²) in [5.74, 6) is -0.916. The van der Waals surface area contributed by atoms with Crippen molar-refractivity contribution in [1.82, 2.24) is 0 Å². The Morgan fingerprint density at radius 3 is 2.00 bits per heavy atom. The molecule has 0 aliphatic rings. The van der Waals surface area contributed by atoms with E-state index in [-0.39, 0.29) is 5.56 Å². The van der Waals surface area contributed by atoms with Crippen molar-refractivity contribution >= 4 is 23.3 Å². The lowest BCUT2D eigenvalue weighted by Crippen LogP contribution is -2.05. The normalized spacial score (nSPS) is 11.1. The van der Waals surface area contributed by atoms with Crippen molar-refractivity contribution < 1.29 is 9.90 Å². The first-order valence-electron chi connectivity index (χ1n) is 8.10. The molecule has 3 rings (SSSR count). The molecular weight excluding hydrogens is 310 g/mol. The van der Waals surface area contributed by atoms with E-state index in [1.165, 1.54) is 0 Å². The molecule has 0 atom stereocenters. The molecule has 0 fully saturated rings. The molecule has 25 heavy (non-hydrogen) atoms. The van der Waals surface area contributed by atoms with E-state index in [0.29, 0.717) is 6.54 Å². The quantitative estimate of drug-likeness (QED) is 0.623. The Morgan fingerprint density at radius 2 is 1.40 bits per heavy atom. The van der Waals surface area contributed by atoms with Gasteiger partial charge in [0.1, 0.15) is 0 Å². The largest absolute Gasteiger partial charge is 0.478 e. The summed E-state index contributed by atoms with van der Waals surface area (Å²) in [6.45, 7) is 0.644. The van der Waals surface area contributed by atoms with Gasteiger partial charge in [-0.2, -0.15) is 0 Å².